The van der Waals surface area contributed by atoms with E-state index in [2.05, 4.69) is 109 Å². The van der Waals surface area contributed by atoms with Gasteiger partial charge in [0.05, 0.1) is 0 Å². The van der Waals surface area contributed by atoms with Crippen molar-refractivity contribution < 1.29 is 0 Å². The summed E-state index contributed by atoms with van der Waals surface area (Å²) in [6, 6.07) is 32.4. The predicted molar refractivity (Wildman–Crippen MR) is 114 cm³/mol. The van der Waals surface area contributed by atoms with Crippen molar-refractivity contribution in [3.63, 3.8) is 0 Å². The minimum absolute atomic E-state index is 0.719. The molecule has 2 atom stereocenters. The molecule has 0 aromatic heterocycles. The van der Waals surface area contributed by atoms with E-state index >= 15 is 0 Å². The Bertz CT molecular complexity index is 980. The highest BCUT2D eigenvalue weighted by molar-refractivity contribution is 6.05. The molecule has 0 heterocycles. The van der Waals surface area contributed by atoms with Crippen molar-refractivity contribution in [1.29, 1.82) is 0 Å². The number of allylic oxidation sites excluding steroid dienone is 5. The van der Waals surface area contributed by atoms with E-state index in [-0.39, 0.29) is 0 Å². The van der Waals surface area contributed by atoms with E-state index in [9.17, 15) is 0 Å². The fraction of sp³-hybridized carbons (Fsp3) is 0.111. The van der Waals surface area contributed by atoms with Crippen LogP contribution in [0.4, 0.5) is 0 Å². The Morgan fingerprint density at radius 2 is 1.04 bits per heavy atom. The third-order valence-corrected chi connectivity index (χ3v) is 5.53. The zero-order valence-electron chi connectivity index (χ0n) is 15.3. The molecule has 3 aromatic carbocycles. The second kappa shape index (κ2) is 6.89. The maximum atomic E-state index is 2.48. The summed E-state index contributed by atoms with van der Waals surface area (Å²) in [6.45, 7) is 0. The lowest BCUT2D eigenvalue weighted by Gasteiger charge is -2.20. The highest BCUT2D eigenvalue weighted by atomic mass is 14.4. The van der Waals surface area contributed by atoms with Crippen LogP contribution in [0.15, 0.2) is 115 Å². The van der Waals surface area contributed by atoms with Crippen LogP contribution >= 0.6 is 0 Å². The number of rotatable bonds is 4. The van der Waals surface area contributed by atoms with Crippen molar-refractivity contribution >= 4 is 11.1 Å². The summed E-state index contributed by atoms with van der Waals surface area (Å²) in [5, 5.41) is 0. The summed E-state index contributed by atoms with van der Waals surface area (Å²) in [5.41, 5.74) is 7.77. The van der Waals surface area contributed by atoms with Crippen molar-refractivity contribution in [1.82, 2.24) is 0 Å². The van der Waals surface area contributed by atoms with Crippen LogP contribution in [-0.2, 0) is 0 Å². The molecule has 0 N–H and O–H groups in total. The first kappa shape index (κ1) is 16.1. The van der Waals surface area contributed by atoms with Crippen LogP contribution in [0.25, 0.3) is 11.1 Å². The lowest BCUT2D eigenvalue weighted by atomic mass is 9.84. The summed E-state index contributed by atoms with van der Waals surface area (Å²) in [7, 11) is 0. The smallest absolute Gasteiger partial charge is 0.00269 e. The molecule has 0 bridgehead atoms. The third-order valence-electron chi connectivity index (χ3n) is 5.53. The SMILES string of the molecule is C1=CC2CC2C=C1C(=C(c1ccccc1)c1ccccc1)c1ccccc1. The molecule has 0 amide bonds. The van der Waals surface area contributed by atoms with Gasteiger partial charge in [-0.25, -0.2) is 0 Å². The van der Waals surface area contributed by atoms with Crippen LogP contribution in [-0.4, -0.2) is 0 Å². The van der Waals surface area contributed by atoms with Gasteiger partial charge < -0.3 is 0 Å². The molecular formula is C27H22. The molecule has 5 rings (SSSR count). The summed E-state index contributed by atoms with van der Waals surface area (Å²) in [6.07, 6.45) is 8.52. The van der Waals surface area contributed by atoms with Crippen molar-refractivity contribution in [3.8, 4) is 0 Å². The molecule has 0 aliphatic heterocycles. The van der Waals surface area contributed by atoms with Crippen molar-refractivity contribution in [3.05, 3.63) is 131 Å². The largest absolute Gasteiger partial charge is 0.0802 e. The third kappa shape index (κ3) is 3.19. The minimum Gasteiger partial charge on any atom is -0.0802 e. The predicted octanol–water partition coefficient (Wildman–Crippen LogP) is 6.78. The van der Waals surface area contributed by atoms with Gasteiger partial charge in [-0.15, -0.1) is 0 Å². The second-order valence-electron chi connectivity index (χ2n) is 7.39. The summed E-state index contributed by atoms with van der Waals surface area (Å²) in [4.78, 5) is 0. The van der Waals surface area contributed by atoms with Gasteiger partial charge in [-0.1, -0.05) is 109 Å². The monoisotopic (exact) mass is 346 g/mol. The highest BCUT2D eigenvalue weighted by Gasteiger charge is 2.35. The average molecular weight is 346 g/mol. The molecule has 1 fully saturated rings. The maximum Gasteiger partial charge on any atom is -0.00269 e. The molecule has 0 radical (unpaired) electrons. The summed E-state index contributed by atoms with van der Waals surface area (Å²) >= 11 is 0. The summed E-state index contributed by atoms with van der Waals surface area (Å²) < 4.78 is 0. The minimum atomic E-state index is 0.719. The Morgan fingerprint density at radius 1 is 0.556 bits per heavy atom. The Labute approximate surface area is 161 Å². The van der Waals surface area contributed by atoms with Crippen molar-refractivity contribution in [2.75, 3.05) is 0 Å². The molecule has 130 valence electrons. The molecule has 2 aliphatic carbocycles. The van der Waals surface area contributed by atoms with Gasteiger partial charge in [0.25, 0.3) is 0 Å². The molecule has 2 unspecified atom stereocenters. The first-order valence-electron chi connectivity index (χ1n) is 9.71. The van der Waals surface area contributed by atoms with Crippen LogP contribution in [0.3, 0.4) is 0 Å². The van der Waals surface area contributed by atoms with E-state index in [0.29, 0.717) is 0 Å². The zero-order chi connectivity index (χ0) is 18.1. The van der Waals surface area contributed by atoms with Gasteiger partial charge in [0.2, 0.25) is 0 Å². The van der Waals surface area contributed by atoms with Gasteiger partial charge in [-0.05, 0) is 51.7 Å². The average Bonchev–Trinajstić information content (AvgIpc) is 3.53. The maximum absolute atomic E-state index is 2.48. The zero-order valence-corrected chi connectivity index (χ0v) is 15.3. The van der Waals surface area contributed by atoms with E-state index in [0.717, 1.165) is 11.8 Å². The van der Waals surface area contributed by atoms with Crippen LogP contribution in [0, 0.1) is 11.8 Å². The van der Waals surface area contributed by atoms with Gasteiger partial charge >= 0.3 is 0 Å². The molecule has 0 saturated heterocycles. The van der Waals surface area contributed by atoms with Crippen LogP contribution in [0.5, 0.6) is 0 Å². The molecule has 1 saturated carbocycles. The molecule has 2 aliphatic rings. The van der Waals surface area contributed by atoms with E-state index in [1.165, 1.54) is 39.8 Å². The molecule has 0 heteroatoms. The molecular weight excluding hydrogens is 324 g/mol. The number of hydrogen-bond acceptors (Lipinski definition) is 0. The van der Waals surface area contributed by atoms with Crippen LogP contribution < -0.4 is 0 Å². The number of benzene rings is 3. The van der Waals surface area contributed by atoms with Gasteiger partial charge in [0.15, 0.2) is 0 Å². The highest BCUT2D eigenvalue weighted by Crippen LogP contribution is 2.48. The lowest BCUT2D eigenvalue weighted by molar-refractivity contribution is 0.972. The molecule has 0 nitrogen and oxygen atoms in total. The standard InChI is InChI=1S/C27H22/c1-4-10-20(11-5-1)26(21-12-6-2-7-13-21)27(22-14-8-3-9-15-22)24-17-16-23-18-25(23)19-24/h1-17,19,23,25H,18H2. The quantitative estimate of drug-likeness (QED) is 0.457. The van der Waals surface area contributed by atoms with Crippen LogP contribution in [0.1, 0.15) is 23.1 Å². The van der Waals surface area contributed by atoms with Gasteiger partial charge in [0.1, 0.15) is 0 Å². The van der Waals surface area contributed by atoms with Gasteiger partial charge in [-0.2, -0.15) is 0 Å². The number of hydrogen-bond donors (Lipinski definition) is 0. The van der Waals surface area contributed by atoms with Gasteiger partial charge in [-0.3, -0.25) is 0 Å². The first-order valence-corrected chi connectivity index (χ1v) is 9.71. The van der Waals surface area contributed by atoms with E-state index in [1.807, 2.05) is 0 Å². The normalized spacial score (nSPS) is 19.8. The first-order chi connectivity index (χ1) is 13.4. The molecule has 0 spiro atoms. The molecule has 27 heavy (non-hydrogen) atoms. The topological polar surface area (TPSA) is 0 Å². The van der Waals surface area contributed by atoms with Crippen molar-refractivity contribution in [2.45, 2.75) is 6.42 Å². The fourth-order valence-corrected chi connectivity index (χ4v) is 4.05. The molecule has 3 aromatic rings. The Kier molecular flexibility index (Phi) is 4.10. The van der Waals surface area contributed by atoms with E-state index in [4.69, 9.17) is 0 Å². The Balaban J connectivity index is 1.82. The Morgan fingerprint density at radius 3 is 1.52 bits per heavy atom. The van der Waals surface area contributed by atoms with Gasteiger partial charge in [0, 0.05) is 0 Å². The number of fused-ring (bicyclic) bond motifs is 1. The van der Waals surface area contributed by atoms with E-state index in [1.54, 1.807) is 0 Å². The van der Waals surface area contributed by atoms with E-state index < -0.39 is 0 Å². The second-order valence-corrected chi connectivity index (χ2v) is 7.39. The van der Waals surface area contributed by atoms with Crippen molar-refractivity contribution in [2.24, 2.45) is 11.8 Å². The summed E-state index contributed by atoms with van der Waals surface area (Å²) in [5.74, 6) is 1.49. The van der Waals surface area contributed by atoms with Crippen LogP contribution in [0.2, 0.25) is 0 Å². The fourth-order valence-electron chi connectivity index (χ4n) is 4.05. The Hall–Kier alpha value is -3.12. The lowest BCUT2D eigenvalue weighted by Crippen LogP contribution is -1.99.